The summed E-state index contributed by atoms with van der Waals surface area (Å²) >= 11 is 0. The van der Waals surface area contributed by atoms with Crippen molar-refractivity contribution in [3.8, 4) is 5.75 Å². The first kappa shape index (κ1) is 17.5. The number of rotatable bonds is 7. The summed E-state index contributed by atoms with van der Waals surface area (Å²) in [6.45, 7) is 3.48. The predicted molar refractivity (Wildman–Crippen MR) is 83.4 cm³/mol. The van der Waals surface area contributed by atoms with Gasteiger partial charge in [-0.3, -0.25) is 4.79 Å². The number of benzene rings is 1. The lowest BCUT2D eigenvalue weighted by molar-refractivity contribution is -0.115. The van der Waals surface area contributed by atoms with Crippen molar-refractivity contribution in [2.24, 2.45) is 0 Å². The summed E-state index contributed by atoms with van der Waals surface area (Å²) in [7, 11) is -1.63. The zero-order valence-electron chi connectivity index (χ0n) is 12.8. The van der Waals surface area contributed by atoms with Gasteiger partial charge in [-0.15, -0.1) is 0 Å². The van der Waals surface area contributed by atoms with Gasteiger partial charge in [0.1, 0.15) is 5.75 Å². The first-order valence-electron chi connectivity index (χ1n) is 6.50. The molecule has 0 radical (unpaired) electrons. The van der Waals surface area contributed by atoms with Gasteiger partial charge in [0.25, 0.3) is 0 Å². The second kappa shape index (κ2) is 6.91. The summed E-state index contributed by atoms with van der Waals surface area (Å²) in [4.78, 5) is 11.8. The molecule has 1 aromatic rings. The van der Waals surface area contributed by atoms with E-state index in [-0.39, 0.29) is 19.0 Å². The highest BCUT2D eigenvalue weighted by Crippen LogP contribution is 2.16. The van der Waals surface area contributed by atoms with Crippen LogP contribution in [0.1, 0.15) is 13.8 Å². The van der Waals surface area contributed by atoms with Gasteiger partial charge in [0.2, 0.25) is 5.91 Å². The Labute approximate surface area is 125 Å². The maximum Gasteiger partial charge on any atom is 0.238 e. The molecule has 1 amide bonds. The lowest BCUT2D eigenvalue weighted by Crippen LogP contribution is -2.43. The minimum atomic E-state index is -3.18. The topological polar surface area (TPSA) is 84.5 Å². The smallest absolute Gasteiger partial charge is 0.238 e. The van der Waals surface area contributed by atoms with Crippen molar-refractivity contribution in [3.05, 3.63) is 24.3 Å². The zero-order valence-corrected chi connectivity index (χ0v) is 13.6. The fraction of sp³-hybridized carbons (Fsp3) is 0.500. The summed E-state index contributed by atoms with van der Waals surface area (Å²) in [5.74, 6) is 0.409. The van der Waals surface area contributed by atoms with Crippen LogP contribution in [0.5, 0.6) is 5.75 Å². The van der Waals surface area contributed by atoms with Crippen molar-refractivity contribution in [3.63, 3.8) is 0 Å². The fourth-order valence-corrected chi connectivity index (χ4v) is 1.88. The third kappa shape index (κ3) is 5.35. The predicted octanol–water partition coefficient (Wildman–Crippen LogP) is 1.05. The molecule has 0 atom stereocenters. The van der Waals surface area contributed by atoms with Crippen molar-refractivity contribution < 1.29 is 17.9 Å². The number of carbonyl (C=O) groups is 1. The Morgan fingerprint density at radius 2 is 2.00 bits per heavy atom. The average Bonchev–Trinajstić information content (AvgIpc) is 2.37. The molecule has 1 aromatic carbocycles. The Balaban J connectivity index is 2.48. The molecule has 0 spiro atoms. The lowest BCUT2D eigenvalue weighted by atomic mass is 10.2. The van der Waals surface area contributed by atoms with Crippen LogP contribution >= 0.6 is 0 Å². The van der Waals surface area contributed by atoms with Crippen molar-refractivity contribution in [2.75, 3.05) is 31.8 Å². The normalized spacial score (nSPS) is 12.0. The molecule has 6 nitrogen and oxygen atoms in total. The van der Waals surface area contributed by atoms with E-state index >= 15 is 0 Å². The van der Waals surface area contributed by atoms with Crippen LogP contribution < -0.4 is 15.4 Å². The van der Waals surface area contributed by atoms with Gasteiger partial charge in [0.15, 0.2) is 9.84 Å². The molecule has 0 unspecified atom stereocenters. The Morgan fingerprint density at radius 3 is 2.57 bits per heavy atom. The first-order valence-corrected chi connectivity index (χ1v) is 8.39. The first-order chi connectivity index (χ1) is 9.65. The molecule has 0 aliphatic carbocycles. The number of methoxy groups -OCH3 is 1. The molecular weight excluding hydrogens is 292 g/mol. The van der Waals surface area contributed by atoms with E-state index in [1.165, 1.54) is 6.26 Å². The second-order valence-corrected chi connectivity index (χ2v) is 8.07. The highest BCUT2D eigenvalue weighted by atomic mass is 32.2. The highest BCUT2D eigenvalue weighted by molar-refractivity contribution is 7.92. The number of amides is 1. The second-order valence-electron chi connectivity index (χ2n) is 5.42. The fourth-order valence-electron chi connectivity index (χ4n) is 1.51. The van der Waals surface area contributed by atoms with Gasteiger partial charge in [-0.05, 0) is 26.0 Å². The van der Waals surface area contributed by atoms with Crippen LogP contribution in [-0.2, 0) is 14.6 Å². The molecule has 0 aromatic heterocycles. The monoisotopic (exact) mass is 314 g/mol. The van der Waals surface area contributed by atoms with E-state index in [9.17, 15) is 13.2 Å². The molecule has 0 aliphatic heterocycles. The van der Waals surface area contributed by atoms with Gasteiger partial charge in [0.05, 0.1) is 18.4 Å². The molecule has 0 saturated heterocycles. The molecule has 0 aliphatic rings. The van der Waals surface area contributed by atoms with Crippen LogP contribution in [0, 0.1) is 0 Å². The van der Waals surface area contributed by atoms with E-state index in [4.69, 9.17) is 4.74 Å². The van der Waals surface area contributed by atoms with Gasteiger partial charge in [0, 0.05) is 24.6 Å². The van der Waals surface area contributed by atoms with Crippen molar-refractivity contribution in [1.82, 2.24) is 5.32 Å². The van der Waals surface area contributed by atoms with Crippen molar-refractivity contribution >= 4 is 21.4 Å². The lowest BCUT2D eigenvalue weighted by Gasteiger charge is -2.22. The quantitative estimate of drug-likeness (QED) is 0.786. The van der Waals surface area contributed by atoms with E-state index in [0.717, 1.165) is 0 Å². The molecule has 0 fully saturated rings. The maximum absolute atomic E-state index is 11.8. The van der Waals surface area contributed by atoms with Gasteiger partial charge >= 0.3 is 0 Å². The third-order valence-electron chi connectivity index (χ3n) is 3.19. The van der Waals surface area contributed by atoms with Gasteiger partial charge in [-0.1, -0.05) is 6.07 Å². The number of ether oxygens (including phenoxy) is 1. The minimum absolute atomic E-state index is 0.0379. The molecule has 7 heteroatoms. The molecule has 0 heterocycles. The summed E-state index contributed by atoms with van der Waals surface area (Å²) < 4.78 is 27.2. The minimum Gasteiger partial charge on any atom is -0.497 e. The van der Waals surface area contributed by atoms with Gasteiger partial charge in [-0.2, -0.15) is 0 Å². The van der Waals surface area contributed by atoms with E-state index < -0.39 is 14.6 Å². The maximum atomic E-state index is 11.8. The number of hydrogen-bond acceptors (Lipinski definition) is 5. The molecular formula is C14H22N2O4S. The van der Waals surface area contributed by atoms with E-state index in [0.29, 0.717) is 11.4 Å². The molecule has 0 bridgehead atoms. The summed E-state index contributed by atoms with van der Waals surface area (Å²) in [6, 6.07) is 7.01. The summed E-state index contributed by atoms with van der Waals surface area (Å²) in [6.07, 6.45) is 1.19. The Bertz CT molecular complexity index is 597. The van der Waals surface area contributed by atoms with Crippen LogP contribution in [0.3, 0.4) is 0 Å². The van der Waals surface area contributed by atoms with Crippen LogP contribution in [-0.4, -0.2) is 45.5 Å². The number of anilines is 1. The van der Waals surface area contributed by atoms with Crippen LogP contribution in [0.15, 0.2) is 24.3 Å². The van der Waals surface area contributed by atoms with Crippen LogP contribution in [0.4, 0.5) is 5.69 Å². The van der Waals surface area contributed by atoms with Crippen molar-refractivity contribution in [1.29, 1.82) is 0 Å². The third-order valence-corrected chi connectivity index (χ3v) is 5.35. The van der Waals surface area contributed by atoms with E-state index in [1.807, 2.05) is 0 Å². The Kier molecular flexibility index (Phi) is 5.74. The van der Waals surface area contributed by atoms with Gasteiger partial charge in [-0.25, -0.2) is 8.42 Å². The number of hydrogen-bond donors (Lipinski definition) is 2. The molecule has 1 rings (SSSR count). The van der Waals surface area contributed by atoms with Crippen molar-refractivity contribution in [2.45, 2.75) is 18.6 Å². The molecule has 0 saturated carbocycles. The summed E-state index contributed by atoms with van der Waals surface area (Å²) in [5.41, 5.74) is 0.628. The average molecular weight is 314 g/mol. The number of nitrogens with one attached hydrogen (secondary N) is 2. The summed E-state index contributed by atoms with van der Waals surface area (Å²) in [5, 5.41) is 5.57. The largest absolute Gasteiger partial charge is 0.497 e. The Morgan fingerprint density at radius 1 is 1.33 bits per heavy atom. The van der Waals surface area contributed by atoms with E-state index in [2.05, 4.69) is 10.6 Å². The van der Waals surface area contributed by atoms with E-state index in [1.54, 1.807) is 45.2 Å². The number of sulfone groups is 1. The van der Waals surface area contributed by atoms with Gasteiger partial charge < -0.3 is 15.4 Å². The molecule has 2 N–H and O–H groups in total. The molecule has 21 heavy (non-hydrogen) atoms. The van der Waals surface area contributed by atoms with Crippen LogP contribution in [0.2, 0.25) is 0 Å². The van der Waals surface area contributed by atoms with Crippen LogP contribution in [0.25, 0.3) is 0 Å². The SMILES string of the molecule is COc1cccc(NC(=O)CNCC(C)(C)S(C)(=O)=O)c1. The standard InChI is InChI=1S/C14H22N2O4S/c1-14(2,21(4,18)19)10-15-9-13(17)16-11-6-5-7-12(8-11)20-3/h5-8,15H,9-10H2,1-4H3,(H,16,17). The zero-order chi connectivity index (χ0) is 16.1. The molecule has 118 valence electrons. The number of carbonyl (C=O) groups excluding carboxylic acids is 1. The highest BCUT2D eigenvalue weighted by Gasteiger charge is 2.29. The Hall–Kier alpha value is -1.60.